The number of aromatic hydroxyl groups is 2. The van der Waals surface area contributed by atoms with E-state index in [1.54, 1.807) is 6.07 Å². The highest BCUT2D eigenvalue weighted by Crippen LogP contribution is 2.42. The Bertz CT molecular complexity index is 461. The summed E-state index contributed by atoms with van der Waals surface area (Å²) in [5, 5.41) is 19.4. The van der Waals surface area contributed by atoms with Crippen molar-refractivity contribution in [1.29, 1.82) is 0 Å². The van der Waals surface area contributed by atoms with Crippen LogP contribution in [0.15, 0.2) is 6.07 Å². The van der Waals surface area contributed by atoms with E-state index >= 15 is 0 Å². The lowest BCUT2D eigenvalue weighted by Crippen LogP contribution is -2.03. The molecule has 0 heterocycles. The summed E-state index contributed by atoms with van der Waals surface area (Å²) in [6.45, 7) is 5.88. The van der Waals surface area contributed by atoms with Gasteiger partial charge >= 0.3 is 0 Å². The van der Waals surface area contributed by atoms with Crippen molar-refractivity contribution >= 4 is 5.78 Å². The van der Waals surface area contributed by atoms with Gasteiger partial charge in [-0.25, -0.2) is 0 Å². The molecule has 0 saturated carbocycles. The van der Waals surface area contributed by atoms with Gasteiger partial charge < -0.3 is 10.2 Å². The van der Waals surface area contributed by atoms with Gasteiger partial charge in [-0.3, -0.25) is 4.79 Å². The van der Waals surface area contributed by atoms with Crippen molar-refractivity contribution in [2.75, 3.05) is 0 Å². The Hall–Kier alpha value is -1.51. The molecule has 1 aliphatic rings. The summed E-state index contributed by atoms with van der Waals surface area (Å²) >= 11 is 0. The quantitative estimate of drug-likeness (QED) is 0.715. The summed E-state index contributed by atoms with van der Waals surface area (Å²) in [4.78, 5) is 11.9. The molecule has 16 heavy (non-hydrogen) atoms. The highest BCUT2D eigenvalue weighted by Gasteiger charge is 2.33. The normalized spacial score (nSPS) is 19.2. The largest absolute Gasteiger partial charge is 0.504 e. The van der Waals surface area contributed by atoms with Crippen LogP contribution in [-0.2, 0) is 6.42 Å². The zero-order valence-electron chi connectivity index (χ0n) is 9.74. The molecule has 3 nitrogen and oxygen atoms in total. The van der Waals surface area contributed by atoms with E-state index in [4.69, 9.17) is 0 Å². The zero-order chi connectivity index (χ0) is 12.0. The molecule has 0 aliphatic heterocycles. The maximum atomic E-state index is 11.9. The van der Waals surface area contributed by atoms with Gasteiger partial charge in [-0.05, 0) is 29.5 Å². The molecular weight excluding hydrogens is 204 g/mol. The molecule has 0 amide bonds. The van der Waals surface area contributed by atoms with Crippen LogP contribution in [0.2, 0.25) is 0 Å². The molecule has 1 aromatic rings. The molecule has 2 rings (SSSR count). The number of fused-ring (bicyclic) bond motifs is 1. The molecule has 1 atom stereocenters. The lowest BCUT2D eigenvalue weighted by atomic mass is 9.93. The van der Waals surface area contributed by atoms with Crippen LogP contribution in [0, 0.1) is 5.92 Å². The maximum Gasteiger partial charge on any atom is 0.170 e. The molecule has 0 bridgehead atoms. The highest BCUT2D eigenvalue weighted by atomic mass is 16.3. The van der Waals surface area contributed by atoms with Crippen LogP contribution in [0.4, 0.5) is 0 Å². The lowest BCUT2D eigenvalue weighted by Gasteiger charge is -2.13. The first-order chi connectivity index (χ1) is 7.43. The summed E-state index contributed by atoms with van der Waals surface area (Å²) in [5.74, 6) is -0.373. The van der Waals surface area contributed by atoms with Crippen LogP contribution >= 0.6 is 0 Å². The topological polar surface area (TPSA) is 57.5 Å². The van der Waals surface area contributed by atoms with Gasteiger partial charge in [0.15, 0.2) is 17.3 Å². The molecule has 2 N–H and O–H groups in total. The Kier molecular flexibility index (Phi) is 2.41. The average molecular weight is 220 g/mol. The fourth-order valence-corrected chi connectivity index (χ4v) is 2.36. The minimum Gasteiger partial charge on any atom is -0.504 e. The van der Waals surface area contributed by atoms with Crippen LogP contribution in [0.25, 0.3) is 0 Å². The van der Waals surface area contributed by atoms with Gasteiger partial charge in [-0.15, -0.1) is 0 Å². The molecule has 0 spiro atoms. The van der Waals surface area contributed by atoms with Gasteiger partial charge in [0.1, 0.15) is 0 Å². The van der Waals surface area contributed by atoms with E-state index in [9.17, 15) is 15.0 Å². The average Bonchev–Trinajstić information content (AvgIpc) is 2.49. The number of hydrogen-bond acceptors (Lipinski definition) is 3. The second-order valence-electron chi connectivity index (χ2n) is 4.81. The number of hydrogen-bond donors (Lipinski definition) is 2. The third-order valence-corrected chi connectivity index (χ3v) is 3.25. The Morgan fingerprint density at radius 2 is 2.00 bits per heavy atom. The molecular formula is C13H16O3. The van der Waals surface area contributed by atoms with E-state index in [0.717, 1.165) is 11.1 Å². The van der Waals surface area contributed by atoms with Gasteiger partial charge in [0.2, 0.25) is 0 Å². The van der Waals surface area contributed by atoms with Crippen LogP contribution in [0.5, 0.6) is 11.5 Å². The minimum atomic E-state index is -0.256. The molecule has 3 heteroatoms. The van der Waals surface area contributed by atoms with E-state index in [0.29, 0.717) is 12.0 Å². The van der Waals surface area contributed by atoms with Crippen molar-refractivity contribution in [1.82, 2.24) is 0 Å². The first-order valence-electron chi connectivity index (χ1n) is 5.55. The van der Waals surface area contributed by atoms with Crippen LogP contribution in [-0.4, -0.2) is 16.0 Å². The van der Waals surface area contributed by atoms with Crippen molar-refractivity contribution in [3.8, 4) is 11.5 Å². The molecule has 0 fully saturated rings. The maximum absolute atomic E-state index is 11.9. The van der Waals surface area contributed by atoms with E-state index in [1.165, 1.54) is 0 Å². The molecule has 0 radical (unpaired) electrons. The standard InChI is InChI=1S/C13H16O3/c1-6(2)8-5-10(14)13(16)11-9(8)4-7(3)12(11)15/h5-7,14,16H,4H2,1-3H3/t7-/m1/s1. The Morgan fingerprint density at radius 3 is 2.56 bits per heavy atom. The van der Waals surface area contributed by atoms with E-state index in [1.807, 2.05) is 20.8 Å². The fourth-order valence-electron chi connectivity index (χ4n) is 2.36. The molecule has 1 aliphatic carbocycles. The number of phenols is 2. The molecule has 0 unspecified atom stereocenters. The number of phenolic OH excluding ortho intramolecular Hbond substituents is 2. The van der Waals surface area contributed by atoms with Gasteiger partial charge in [0.25, 0.3) is 0 Å². The first kappa shape index (κ1) is 11.0. The summed E-state index contributed by atoms with van der Waals surface area (Å²) in [6, 6.07) is 1.57. The number of carbonyl (C=O) groups is 1. The predicted molar refractivity (Wildman–Crippen MR) is 61.1 cm³/mol. The van der Waals surface area contributed by atoms with Gasteiger partial charge in [-0.1, -0.05) is 20.8 Å². The summed E-state index contributed by atoms with van der Waals surface area (Å²) < 4.78 is 0. The third-order valence-electron chi connectivity index (χ3n) is 3.25. The van der Waals surface area contributed by atoms with Gasteiger partial charge in [0.05, 0.1) is 5.56 Å². The Labute approximate surface area is 94.7 Å². The second-order valence-corrected chi connectivity index (χ2v) is 4.81. The molecule has 0 aromatic heterocycles. The number of rotatable bonds is 1. The Balaban J connectivity index is 2.72. The molecule has 86 valence electrons. The van der Waals surface area contributed by atoms with Crippen molar-refractivity contribution < 1.29 is 15.0 Å². The van der Waals surface area contributed by atoms with Crippen LogP contribution in [0.1, 0.15) is 48.2 Å². The second kappa shape index (κ2) is 3.51. The number of carbonyl (C=O) groups excluding carboxylic acids is 1. The van der Waals surface area contributed by atoms with E-state index in [2.05, 4.69) is 0 Å². The van der Waals surface area contributed by atoms with Crippen molar-refractivity contribution in [2.24, 2.45) is 5.92 Å². The number of Topliss-reactive ketones (excluding diaryl/α,β-unsaturated/α-hetero) is 1. The minimum absolute atomic E-state index is 0.0645. The molecule has 1 aromatic carbocycles. The predicted octanol–water partition coefficient (Wildman–Crippen LogP) is 2.60. The number of benzene rings is 1. The van der Waals surface area contributed by atoms with Crippen molar-refractivity contribution in [3.05, 3.63) is 22.8 Å². The van der Waals surface area contributed by atoms with Gasteiger partial charge in [0, 0.05) is 5.92 Å². The molecule has 0 saturated heterocycles. The zero-order valence-corrected chi connectivity index (χ0v) is 9.74. The highest BCUT2D eigenvalue weighted by molar-refractivity contribution is 6.05. The van der Waals surface area contributed by atoms with Crippen LogP contribution in [0.3, 0.4) is 0 Å². The van der Waals surface area contributed by atoms with E-state index < -0.39 is 0 Å². The monoisotopic (exact) mass is 220 g/mol. The van der Waals surface area contributed by atoms with Crippen molar-refractivity contribution in [2.45, 2.75) is 33.1 Å². The first-order valence-corrected chi connectivity index (χ1v) is 5.55. The van der Waals surface area contributed by atoms with Crippen LogP contribution < -0.4 is 0 Å². The smallest absolute Gasteiger partial charge is 0.170 e. The summed E-state index contributed by atoms with van der Waals surface area (Å²) in [6.07, 6.45) is 0.662. The van der Waals surface area contributed by atoms with Crippen molar-refractivity contribution in [3.63, 3.8) is 0 Å². The fraction of sp³-hybridized carbons (Fsp3) is 0.462. The van der Waals surface area contributed by atoms with Gasteiger partial charge in [-0.2, -0.15) is 0 Å². The third kappa shape index (κ3) is 1.39. The summed E-state index contributed by atoms with van der Waals surface area (Å²) in [5.41, 5.74) is 2.20. The van der Waals surface area contributed by atoms with E-state index in [-0.39, 0.29) is 29.1 Å². The lowest BCUT2D eigenvalue weighted by molar-refractivity contribution is 0.0943. The number of ketones is 1. The summed E-state index contributed by atoms with van der Waals surface area (Å²) in [7, 11) is 0. The Morgan fingerprint density at radius 1 is 1.38 bits per heavy atom. The SMILES string of the molecule is CC(C)c1cc(O)c(O)c2c1C[C@@H](C)C2=O.